The molecule has 11 heteroatoms. The van der Waals surface area contributed by atoms with Crippen molar-refractivity contribution >= 4 is 46.6 Å². The van der Waals surface area contributed by atoms with Gasteiger partial charge in [-0.05, 0) is 31.4 Å². The molecule has 0 aromatic carbocycles. The lowest BCUT2D eigenvalue weighted by molar-refractivity contribution is -0.0250. The van der Waals surface area contributed by atoms with E-state index in [1.165, 1.54) is 6.92 Å². The summed E-state index contributed by atoms with van der Waals surface area (Å²) in [5.41, 5.74) is 14.6. The second kappa shape index (κ2) is 8.66. The Labute approximate surface area is 120 Å². The molecule has 0 heterocycles. The summed E-state index contributed by atoms with van der Waals surface area (Å²) in [5, 5.41) is 35.5. The van der Waals surface area contributed by atoms with Gasteiger partial charge in [0.1, 0.15) is 17.9 Å². The van der Waals surface area contributed by atoms with Gasteiger partial charge in [0.05, 0.1) is 12.3 Å². The number of aliphatic hydroxyl groups is 3. The second-order valence-corrected chi connectivity index (χ2v) is 4.30. The molecule has 0 rings (SSSR count). The number of aliphatic hydroxyl groups excluding tert-OH is 3. The van der Waals surface area contributed by atoms with Gasteiger partial charge in [-0.15, -0.1) is 0 Å². The van der Waals surface area contributed by atoms with E-state index in [0.29, 0.717) is 0 Å². The minimum Gasteiger partial charge on any atom is -0.391 e. The maximum Gasteiger partial charge on any atom is 0.184 e. The van der Waals surface area contributed by atoms with E-state index in [1.54, 1.807) is 0 Å². The first kappa shape index (κ1) is 17.6. The molecule has 0 aliphatic heterocycles. The van der Waals surface area contributed by atoms with Gasteiger partial charge < -0.3 is 26.8 Å². The third-order valence-electron chi connectivity index (χ3n) is 1.79. The van der Waals surface area contributed by atoms with E-state index in [0.717, 1.165) is 6.21 Å². The molecule has 9 nitrogen and oxygen atoms in total. The molecule has 0 bridgehead atoms. The standard InChI is InChI=1S/C8H16N6O3S2/c1-3(15)5(16)6(17)4(12-14-8(10)19)2-11-13-7(9)18/h2-3,5-6,15-17H,1H3,(H3,9,13,18)(H3,10,14,19). The highest BCUT2D eigenvalue weighted by Gasteiger charge is 2.25. The number of nitrogens with one attached hydrogen (secondary N) is 2. The number of hydrazone groups is 2. The molecular formula is C8H16N6O3S2. The molecule has 0 aliphatic rings. The largest absolute Gasteiger partial charge is 0.391 e. The van der Waals surface area contributed by atoms with Gasteiger partial charge in [0, 0.05) is 0 Å². The molecule has 0 aromatic heterocycles. The van der Waals surface area contributed by atoms with Crippen molar-refractivity contribution in [2.45, 2.75) is 25.2 Å². The Morgan fingerprint density at radius 1 is 1.16 bits per heavy atom. The molecule has 0 saturated heterocycles. The van der Waals surface area contributed by atoms with Gasteiger partial charge in [-0.25, -0.2) is 0 Å². The Balaban J connectivity index is 4.94. The molecule has 3 atom stereocenters. The van der Waals surface area contributed by atoms with Crippen LogP contribution in [0, 0.1) is 0 Å². The van der Waals surface area contributed by atoms with Crippen LogP contribution in [0.15, 0.2) is 10.2 Å². The summed E-state index contributed by atoms with van der Waals surface area (Å²) < 4.78 is 0. The van der Waals surface area contributed by atoms with Crippen LogP contribution < -0.4 is 22.3 Å². The highest BCUT2D eigenvalue weighted by atomic mass is 32.1. The van der Waals surface area contributed by atoms with Crippen molar-refractivity contribution in [2.24, 2.45) is 21.7 Å². The molecule has 0 amide bonds. The molecule has 3 unspecified atom stereocenters. The Kier molecular flexibility index (Phi) is 8.02. The number of nitrogens with zero attached hydrogens (tertiary/aromatic N) is 2. The van der Waals surface area contributed by atoms with Gasteiger partial charge in [0.2, 0.25) is 0 Å². The van der Waals surface area contributed by atoms with E-state index in [9.17, 15) is 15.3 Å². The monoisotopic (exact) mass is 308 g/mol. The average Bonchev–Trinajstić information content (AvgIpc) is 2.30. The minimum atomic E-state index is -1.52. The van der Waals surface area contributed by atoms with Gasteiger partial charge in [-0.2, -0.15) is 10.2 Å². The average molecular weight is 308 g/mol. The topological polar surface area (TPSA) is 162 Å². The van der Waals surface area contributed by atoms with E-state index >= 15 is 0 Å². The summed E-state index contributed by atoms with van der Waals surface area (Å²) in [5.74, 6) is 0. The van der Waals surface area contributed by atoms with Crippen LogP contribution in [0.25, 0.3) is 0 Å². The number of rotatable bonds is 6. The van der Waals surface area contributed by atoms with Crippen LogP contribution in [0.3, 0.4) is 0 Å². The summed E-state index contributed by atoms with van der Waals surface area (Å²) in [7, 11) is 0. The van der Waals surface area contributed by atoms with Crippen molar-refractivity contribution in [3.05, 3.63) is 0 Å². The summed E-state index contributed by atoms with van der Waals surface area (Å²) in [4.78, 5) is 0. The van der Waals surface area contributed by atoms with Gasteiger partial charge in [0.25, 0.3) is 0 Å². The van der Waals surface area contributed by atoms with Crippen molar-refractivity contribution in [3.63, 3.8) is 0 Å². The quantitative estimate of drug-likeness (QED) is 0.155. The van der Waals surface area contributed by atoms with E-state index < -0.39 is 18.3 Å². The lowest BCUT2D eigenvalue weighted by Gasteiger charge is -2.19. The van der Waals surface area contributed by atoms with Crippen molar-refractivity contribution < 1.29 is 15.3 Å². The molecule has 0 aliphatic carbocycles. The summed E-state index contributed by atoms with van der Waals surface area (Å²) in [6, 6.07) is 0. The van der Waals surface area contributed by atoms with Gasteiger partial charge >= 0.3 is 0 Å². The third-order valence-corrected chi connectivity index (χ3v) is 1.97. The predicted molar refractivity (Wildman–Crippen MR) is 79.5 cm³/mol. The minimum absolute atomic E-state index is 0.0940. The van der Waals surface area contributed by atoms with Gasteiger partial charge in [-0.3, -0.25) is 10.9 Å². The van der Waals surface area contributed by atoms with E-state index in [4.69, 9.17) is 11.5 Å². The Morgan fingerprint density at radius 3 is 2.11 bits per heavy atom. The van der Waals surface area contributed by atoms with Gasteiger partial charge in [0.15, 0.2) is 10.2 Å². The Morgan fingerprint density at radius 2 is 1.68 bits per heavy atom. The van der Waals surface area contributed by atoms with Crippen LogP contribution in [-0.4, -0.2) is 55.8 Å². The molecule has 9 N–H and O–H groups in total. The third kappa shape index (κ3) is 7.58. The highest BCUT2D eigenvalue weighted by Crippen LogP contribution is 2.01. The number of thiocarbonyl (C=S) groups is 2. The van der Waals surface area contributed by atoms with Crippen LogP contribution in [-0.2, 0) is 0 Å². The van der Waals surface area contributed by atoms with Crippen molar-refractivity contribution in [1.29, 1.82) is 0 Å². The fourth-order valence-electron chi connectivity index (χ4n) is 0.892. The molecule has 0 saturated carbocycles. The molecule has 0 aromatic rings. The SMILES string of the molecule is CC(O)C(O)C(O)C(C=NNC(N)=S)=NNC(N)=S. The van der Waals surface area contributed by atoms with Crippen LogP contribution in [0.2, 0.25) is 0 Å². The van der Waals surface area contributed by atoms with Crippen LogP contribution >= 0.6 is 24.4 Å². The summed E-state index contributed by atoms with van der Waals surface area (Å²) >= 11 is 9.05. The summed E-state index contributed by atoms with van der Waals surface area (Å²) in [6.45, 7) is 1.30. The lowest BCUT2D eigenvalue weighted by Crippen LogP contribution is -2.43. The second-order valence-electron chi connectivity index (χ2n) is 3.42. The smallest absolute Gasteiger partial charge is 0.184 e. The maximum absolute atomic E-state index is 9.78. The van der Waals surface area contributed by atoms with Crippen LogP contribution in [0.4, 0.5) is 0 Å². The zero-order chi connectivity index (χ0) is 15.0. The Hall–Kier alpha value is -1.40. The zero-order valence-electron chi connectivity index (χ0n) is 10.0. The molecular weight excluding hydrogens is 292 g/mol. The molecule has 0 fully saturated rings. The molecule has 0 spiro atoms. The first-order chi connectivity index (χ1) is 8.75. The Bertz CT molecular complexity index is 387. The molecule has 19 heavy (non-hydrogen) atoms. The van der Waals surface area contributed by atoms with Gasteiger partial charge in [-0.1, -0.05) is 0 Å². The van der Waals surface area contributed by atoms with Crippen LogP contribution in [0.5, 0.6) is 0 Å². The number of nitrogens with two attached hydrogens (primary N) is 2. The lowest BCUT2D eigenvalue weighted by atomic mass is 10.1. The van der Waals surface area contributed by atoms with E-state index in [-0.39, 0.29) is 15.9 Å². The van der Waals surface area contributed by atoms with Crippen molar-refractivity contribution in [3.8, 4) is 0 Å². The zero-order valence-corrected chi connectivity index (χ0v) is 11.6. The molecule has 0 radical (unpaired) electrons. The van der Waals surface area contributed by atoms with Crippen molar-refractivity contribution in [1.82, 2.24) is 10.9 Å². The van der Waals surface area contributed by atoms with Crippen molar-refractivity contribution in [2.75, 3.05) is 0 Å². The normalized spacial score (nSPS) is 16.7. The number of hydrogen-bond donors (Lipinski definition) is 7. The fraction of sp³-hybridized carbons (Fsp3) is 0.500. The number of hydrogen-bond acceptors (Lipinski definition) is 7. The predicted octanol–water partition coefficient (Wildman–Crippen LogP) is -2.90. The summed E-state index contributed by atoms with van der Waals surface area (Å²) in [6.07, 6.45) is -3.12. The fourth-order valence-corrected chi connectivity index (χ4v) is 0.990. The van der Waals surface area contributed by atoms with Crippen LogP contribution in [0.1, 0.15) is 6.92 Å². The van der Waals surface area contributed by atoms with E-state index in [1.807, 2.05) is 0 Å². The first-order valence-electron chi connectivity index (χ1n) is 5.01. The maximum atomic E-state index is 9.78. The molecule has 108 valence electrons. The highest BCUT2D eigenvalue weighted by molar-refractivity contribution is 7.80. The van der Waals surface area contributed by atoms with E-state index in [2.05, 4.69) is 45.5 Å². The first-order valence-corrected chi connectivity index (χ1v) is 5.83.